The molecule has 1 aliphatic rings. The summed E-state index contributed by atoms with van der Waals surface area (Å²) in [6.07, 6.45) is 0.900. The largest absolute Gasteiger partial charge is 0.325 e. The summed E-state index contributed by atoms with van der Waals surface area (Å²) in [5.74, 6) is -1.70. The van der Waals surface area contributed by atoms with E-state index in [0.717, 1.165) is 31.2 Å². The van der Waals surface area contributed by atoms with E-state index in [2.05, 4.69) is 27.7 Å². The maximum absolute atomic E-state index is 13.3. The molecule has 0 spiro atoms. The molecule has 4 rings (SSSR count). The normalized spacial score (nSPS) is 17.1. The van der Waals surface area contributed by atoms with Crippen molar-refractivity contribution in [3.63, 3.8) is 0 Å². The van der Waals surface area contributed by atoms with Crippen molar-refractivity contribution >= 4 is 34.3 Å². The summed E-state index contributed by atoms with van der Waals surface area (Å²) >= 11 is 3.41. The van der Waals surface area contributed by atoms with E-state index in [1.165, 1.54) is 15.3 Å². The lowest BCUT2D eigenvalue weighted by atomic mass is 9.98. The topological polar surface area (TPSA) is 32.3 Å². The molecule has 7 heteroatoms. The number of benzene rings is 1. The van der Waals surface area contributed by atoms with E-state index < -0.39 is 11.6 Å². The Morgan fingerprint density at radius 1 is 1.15 bits per heavy atom. The SMILES string of the molecule is O=C(CN1CCc2sccc2C1c1cccs1)Nc1cc(F)cc(F)c1. The van der Waals surface area contributed by atoms with Gasteiger partial charge in [0.15, 0.2) is 0 Å². The molecule has 3 nitrogen and oxygen atoms in total. The van der Waals surface area contributed by atoms with Crippen LogP contribution in [0.5, 0.6) is 0 Å². The highest BCUT2D eigenvalue weighted by Gasteiger charge is 2.31. The van der Waals surface area contributed by atoms with E-state index in [1.54, 1.807) is 22.7 Å². The Bertz CT molecular complexity index is 903. The summed E-state index contributed by atoms with van der Waals surface area (Å²) in [6.45, 7) is 0.928. The highest BCUT2D eigenvalue weighted by Crippen LogP contribution is 2.39. The van der Waals surface area contributed by atoms with Crippen molar-refractivity contribution in [1.82, 2.24) is 4.90 Å². The van der Waals surface area contributed by atoms with E-state index >= 15 is 0 Å². The highest BCUT2D eigenvalue weighted by atomic mass is 32.1. The zero-order valence-electron chi connectivity index (χ0n) is 13.7. The fraction of sp³-hybridized carbons (Fsp3) is 0.211. The van der Waals surface area contributed by atoms with Gasteiger partial charge in [0, 0.05) is 28.1 Å². The molecule has 3 aromatic rings. The second kappa shape index (κ2) is 7.26. The third kappa shape index (κ3) is 3.56. The van der Waals surface area contributed by atoms with Crippen molar-refractivity contribution in [2.45, 2.75) is 12.5 Å². The molecule has 1 unspecified atom stereocenters. The Labute approximate surface area is 157 Å². The van der Waals surface area contributed by atoms with Gasteiger partial charge in [-0.15, -0.1) is 22.7 Å². The molecular weight excluding hydrogens is 374 g/mol. The van der Waals surface area contributed by atoms with Gasteiger partial charge in [0.2, 0.25) is 5.91 Å². The van der Waals surface area contributed by atoms with Gasteiger partial charge in [0.05, 0.1) is 12.6 Å². The molecule has 26 heavy (non-hydrogen) atoms. The molecule has 0 bridgehead atoms. The number of hydrogen-bond acceptors (Lipinski definition) is 4. The molecule has 0 saturated heterocycles. The predicted octanol–water partition coefficient (Wildman–Crippen LogP) is 4.67. The van der Waals surface area contributed by atoms with E-state index in [9.17, 15) is 13.6 Å². The summed E-state index contributed by atoms with van der Waals surface area (Å²) < 4.78 is 26.6. The average Bonchev–Trinajstić information content (AvgIpc) is 3.24. The Balaban J connectivity index is 1.54. The van der Waals surface area contributed by atoms with Gasteiger partial charge >= 0.3 is 0 Å². The number of carbonyl (C=O) groups is 1. The summed E-state index contributed by atoms with van der Waals surface area (Å²) in [6, 6.07) is 9.26. The molecular formula is C19H16F2N2OS2. The van der Waals surface area contributed by atoms with Gasteiger partial charge in [0.25, 0.3) is 0 Å². The van der Waals surface area contributed by atoms with Gasteiger partial charge in [-0.2, -0.15) is 0 Å². The smallest absolute Gasteiger partial charge is 0.238 e. The zero-order chi connectivity index (χ0) is 18.1. The number of fused-ring (bicyclic) bond motifs is 1. The van der Waals surface area contributed by atoms with Gasteiger partial charge in [-0.05, 0) is 47.0 Å². The maximum Gasteiger partial charge on any atom is 0.238 e. The van der Waals surface area contributed by atoms with Crippen LogP contribution in [-0.4, -0.2) is 23.9 Å². The zero-order valence-corrected chi connectivity index (χ0v) is 15.4. The van der Waals surface area contributed by atoms with Crippen LogP contribution in [-0.2, 0) is 11.2 Å². The van der Waals surface area contributed by atoms with E-state index in [4.69, 9.17) is 0 Å². The van der Waals surface area contributed by atoms with Crippen LogP contribution in [0.3, 0.4) is 0 Å². The molecule has 1 amide bonds. The number of amides is 1. The van der Waals surface area contributed by atoms with Gasteiger partial charge in [-0.3, -0.25) is 9.69 Å². The van der Waals surface area contributed by atoms with E-state index in [1.807, 2.05) is 11.4 Å². The van der Waals surface area contributed by atoms with Crippen LogP contribution in [0.4, 0.5) is 14.5 Å². The molecule has 1 aliphatic heterocycles. The third-order valence-electron chi connectivity index (χ3n) is 4.37. The van der Waals surface area contributed by atoms with Gasteiger partial charge in [-0.25, -0.2) is 8.78 Å². The third-order valence-corrected chi connectivity index (χ3v) is 6.29. The van der Waals surface area contributed by atoms with Crippen molar-refractivity contribution in [1.29, 1.82) is 0 Å². The molecule has 3 heterocycles. The second-order valence-electron chi connectivity index (χ2n) is 6.14. The quantitative estimate of drug-likeness (QED) is 0.702. The second-order valence-corrected chi connectivity index (χ2v) is 8.12. The van der Waals surface area contributed by atoms with Crippen molar-refractivity contribution < 1.29 is 13.6 Å². The Hall–Kier alpha value is -2.09. The first-order valence-electron chi connectivity index (χ1n) is 8.20. The first-order chi connectivity index (χ1) is 12.6. The first kappa shape index (κ1) is 17.3. The van der Waals surface area contributed by atoms with E-state index in [-0.39, 0.29) is 24.2 Å². The summed E-state index contributed by atoms with van der Waals surface area (Å²) in [7, 11) is 0. The Kier molecular flexibility index (Phi) is 4.84. The predicted molar refractivity (Wildman–Crippen MR) is 101 cm³/mol. The number of anilines is 1. The molecule has 1 N–H and O–H groups in total. The van der Waals surface area contributed by atoms with Crippen LogP contribution >= 0.6 is 22.7 Å². The molecule has 1 atom stereocenters. The molecule has 2 aromatic heterocycles. The lowest BCUT2D eigenvalue weighted by Gasteiger charge is -2.34. The minimum Gasteiger partial charge on any atom is -0.325 e. The van der Waals surface area contributed by atoms with Gasteiger partial charge in [0.1, 0.15) is 11.6 Å². The summed E-state index contributed by atoms with van der Waals surface area (Å²) in [4.78, 5) is 17.1. The maximum atomic E-state index is 13.3. The summed E-state index contributed by atoms with van der Waals surface area (Å²) in [5, 5.41) is 6.72. The van der Waals surface area contributed by atoms with Crippen molar-refractivity contribution in [3.05, 3.63) is 74.1 Å². The van der Waals surface area contributed by atoms with Crippen molar-refractivity contribution in [2.24, 2.45) is 0 Å². The number of hydrogen-bond donors (Lipinski definition) is 1. The van der Waals surface area contributed by atoms with Gasteiger partial charge < -0.3 is 5.32 Å². The van der Waals surface area contributed by atoms with Crippen LogP contribution in [0.25, 0.3) is 0 Å². The molecule has 1 aromatic carbocycles. The van der Waals surface area contributed by atoms with Crippen LogP contribution in [0.2, 0.25) is 0 Å². The minimum atomic E-state index is -0.711. The lowest BCUT2D eigenvalue weighted by Crippen LogP contribution is -2.40. The lowest BCUT2D eigenvalue weighted by molar-refractivity contribution is -0.117. The van der Waals surface area contributed by atoms with Crippen molar-refractivity contribution in [3.8, 4) is 0 Å². The standard InChI is InChI=1S/C19H16F2N2OS2/c20-12-8-13(21)10-14(9-12)22-18(24)11-23-5-3-16-15(4-7-26-16)19(23)17-2-1-6-25-17/h1-2,4,6-10,19H,3,5,11H2,(H,22,24). The number of nitrogens with zero attached hydrogens (tertiary/aromatic N) is 1. The monoisotopic (exact) mass is 390 g/mol. The number of nitrogens with one attached hydrogen (secondary N) is 1. The van der Waals surface area contributed by atoms with Gasteiger partial charge in [-0.1, -0.05) is 6.07 Å². The number of halogens is 2. The fourth-order valence-corrected chi connectivity index (χ4v) is 5.11. The van der Waals surface area contributed by atoms with Crippen molar-refractivity contribution in [2.75, 3.05) is 18.4 Å². The Morgan fingerprint density at radius 3 is 2.69 bits per heavy atom. The Morgan fingerprint density at radius 2 is 1.96 bits per heavy atom. The fourth-order valence-electron chi connectivity index (χ4n) is 3.33. The van der Waals surface area contributed by atoms with Crippen LogP contribution in [0.15, 0.2) is 47.2 Å². The van der Waals surface area contributed by atoms with E-state index in [0.29, 0.717) is 0 Å². The molecule has 0 aliphatic carbocycles. The molecule has 0 saturated carbocycles. The average molecular weight is 390 g/mol. The summed E-state index contributed by atoms with van der Waals surface area (Å²) in [5.41, 5.74) is 1.38. The molecule has 0 radical (unpaired) electrons. The van der Waals surface area contributed by atoms with Crippen LogP contribution in [0.1, 0.15) is 21.4 Å². The first-order valence-corrected chi connectivity index (χ1v) is 9.96. The highest BCUT2D eigenvalue weighted by molar-refractivity contribution is 7.10. The van der Waals surface area contributed by atoms with Crippen LogP contribution < -0.4 is 5.32 Å². The number of thiophene rings is 2. The number of carbonyl (C=O) groups excluding carboxylic acids is 1. The minimum absolute atomic E-state index is 0.0417. The van der Waals surface area contributed by atoms with Crippen LogP contribution in [0, 0.1) is 11.6 Å². The molecule has 0 fully saturated rings. The molecule has 134 valence electrons. The number of rotatable bonds is 4.